The minimum Gasteiger partial charge on any atom is -0.331 e. The van der Waals surface area contributed by atoms with E-state index in [4.69, 9.17) is 0 Å². The molecule has 0 bridgehead atoms. The van der Waals surface area contributed by atoms with Crippen molar-refractivity contribution in [2.75, 3.05) is 0 Å². The maximum absolute atomic E-state index is 12.5. The zero-order valence-corrected chi connectivity index (χ0v) is 16.3. The molecule has 1 unspecified atom stereocenters. The second kappa shape index (κ2) is 6.93. The maximum atomic E-state index is 12.5. The molecule has 2 aromatic heterocycles. The molecule has 132 valence electrons. The average Bonchev–Trinajstić information content (AvgIpc) is 3.02. The molecule has 0 radical (unpaired) electrons. The third-order valence-corrected chi connectivity index (χ3v) is 5.45. The standard InChI is InChI=1S/C17H27N5OS/c1-8-13(14-11(3)21-22(7)12(14)4)19-16(23)20-17(5,6)15-18-9-10(2)24-15/h9,13H,8H2,1-7H3,(H2,19,20,23). The second-order valence-electron chi connectivity index (χ2n) is 6.67. The van der Waals surface area contributed by atoms with Crippen molar-refractivity contribution in [2.24, 2.45) is 7.05 Å². The highest BCUT2D eigenvalue weighted by atomic mass is 32.1. The topological polar surface area (TPSA) is 71.8 Å². The summed E-state index contributed by atoms with van der Waals surface area (Å²) in [6.07, 6.45) is 2.64. The smallest absolute Gasteiger partial charge is 0.316 e. The van der Waals surface area contributed by atoms with Gasteiger partial charge in [0.2, 0.25) is 0 Å². The zero-order chi connectivity index (χ0) is 18.1. The number of hydrogen-bond acceptors (Lipinski definition) is 4. The highest BCUT2D eigenvalue weighted by molar-refractivity contribution is 7.11. The number of urea groups is 1. The van der Waals surface area contributed by atoms with Crippen LogP contribution in [0.15, 0.2) is 6.20 Å². The fraction of sp³-hybridized carbons (Fsp3) is 0.588. The number of thiazole rings is 1. The Morgan fingerprint density at radius 1 is 1.38 bits per heavy atom. The molecule has 24 heavy (non-hydrogen) atoms. The molecule has 0 spiro atoms. The van der Waals surface area contributed by atoms with Gasteiger partial charge < -0.3 is 10.6 Å². The number of nitrogens with zero attached hydrogens (tertiary/aromatic N) is 3. The first-order valence-corrected chi connectivity index (χ1v) is 8.99. The van der Waals surface area contributed by atoms with Crippen LogP contribution in [0.5, 0.6) is 0 Å². The molecule has 2 heterocycles. The molecule has 0 saturated carbocycles. The number of rotatable bonds is 5. The van der Waals surface area contributed by atoms with Crippen LogP contribution in [-0.2, 0) is 12.6 Å². The van der Waals surface area contributed by atoms with Gasteiger partial charge in [-0.25, -0.2) is 9.78 Å². The molecular formula is C17H27N5OS. The maximum Gasteiger partial charge on any atom is 0.316 e. The van der Waals surface area contributed by atoms with Crippen LogP contribution in [0.2, 0.25) is 0 Å². The molecule has 0 fully saturated rings. The summed E-state index contributed by atoms with van der Waals surface area (Å²) in [5, 5.41) is 11.5. The average molecular weight is 350 g/mol. The van der Waals surface area contributed by atoms with Gasteiger partial charge in [-0.3, -0.25) is 4.68 Å². The molecule has 6 nitrogen and oxygen atoms in total. The predicted molar refractivity (Wildman–Crippen MR) is 97.3 cm³/mol. The summed E-state index contributed by atoms with van der Waals surface area (Å²) in [6, 6.07) is -0.255. The molecule has 7 heteroatoms. The summed E-state index contributed by atoms with van der Waals surface area (Å²) >= 11 is 1.60. The Kier molecular flexibility index (Phi) is 5.32. The van der Waals surface area contributed by atoms with Crippen LogP contribution in [0, 0.1) is 20.8 Å². The molecule has 0 aromatic carbocycles. The molecule has 2 rings (SSSR count). The van der Waals surface area contributed by atoms with E-state index in [0.29, 0.717) is 0 Å². The van der Waals surface area contributed by atoms with E-state index in [2.05, 4.69) is 27.6 Å². The summed E-state index contributed by atoms with van der Waals surface area (Å²) < 4.78 is 1.86. The fourth-order valence-electron chi connectivity index (χ4n) is 2.85. The lowest BCUT2D eigenvalue weighted by Crippen LogP contribution is -2.47. The Balaban J connectivity index is 2.12. The first kappa shape index (κ1) is 18.4. The van der Waals surface area contributed by atoms with Gasteiger partial charge in [0.1, 0.15) is 5.01 Å². The van der Waals surface area contributed by atoms with Gasteiger partial charge >= 0.3 is 6.03 Å². The Morgan fingerprint density at radius 3 is 2.50 bits per heavy atom. The van der Waals surface area contributed by atoms with E-state index in [1.807, 2.05) is 52.5 Å². The summed E-state index contributed by atoms with van der Waals surface area (Å²) in [4.78, 5) is 18.1. The number of hydrogen-bond donors (Lipinski definition) is 2. The Bertz CT molecular complexity index is 731. The van der Waals surface area contributed by atoms with Crippen molar-refractivity contribution in [1.29, 1.82) is 0 Å². The highest BCUT2D eigenvalue weighted by Gasteiger charge is 2.28. The molecular weight excluding hydrogens is 322 g/mol. The van der Waals surface area contributed by atoms with Crippen molar-refractivity contribution in [1.82, 2.24) is 25.4 Å². The normalized spacial score (nSPS) is 13.0. The number of carbonyl (C=O) groups is 1. The van der Waals surface area contributed by atoms with Crippen LogP contribution >= 0.6 is 11.3 Å². The van der Waals surface area contributed by atoms with Gasteiger partial charge in [-0.05, 0) is 41.0 Å². The lowest BCUT2D eigenvalue weighted by molar-refractivity contribution is 0.225. The Morgan fingerprint density at radius 2 is 2.04 bits per heavy atom. The first-order valence-electron chi connectivity index (χ1n) is 8.17. The minimum atomic E-state index is -0.514. The van der Waals surface area contributed by atoms with Crippen molar-refractivity contribution >= 4 is 17.4 Å². The SMILES string of the molecule is CCC(NC(=O)NC(C)(C)c1ncc(C)s1)c1c(C)nn(C)c1C. The second-order valence-corrected chi connectivity index (χ2v) is 7.90. The van der Waals surface area contributed by atoms with Gasteiger partial charge in [-0.1, -0.05) is 6.92 Å². The van der Waals surface area contributed by atoms with Crippen molar-refractivity contribution < 1.29 is 4.79 Å². The molecule has 0 aliphatic rings. The molecule has 0 saturated heterocycles. The molecule has 2 aromatic rings. The van der Waals surface area contributed by atoms with Crippen LogP contribution < -0.4 is 10.6 Å². The van der Waals surface area contributed by atoms with E-state index in [1.54, 1.807) is 11.3 Å². The number of nitrogens with one attached hydrogen (secondary N) is 2. The minimum absolute atomic E-state index is 0.0625. The van der Waals surface area contributed by atoms with Gasteiger partial charge in [0.05, 0.1) is 17.3 Å². The quantitative estimate of drug-likeness (QED) is 0.868. The summed E-state index contributed by atoms with van der Waals surface area (Å²) in [5.41, 5.74) is 2.62. The predicted octanol–water partition coefficient (Wildman–Crippen LogP) is 3.49. The largest absolute Gasteiger partial charge is 0.331 e. The molecule has 2 amide bonds. The van der Waals surface area contributed by atoms with Crippen LogP contribution in [0.25, 0.3) is 0 Å². The van der Waals surface area contributed by atoms with E-state index in [1.165, 1.54) is 0 Å². The fourth-order valence-corrected chi connectivity index (χ4v) is 3.67. The molecule has 0 aliphatic heterocycles. The monoisotopic (exact) mass is 349 g/mol. The number of aromatic nitrogens is 3. The first-order chi connectivity index (χ1) is 11.2. The highest BCUT2D eigenvalue weighted by Crippen LogP contribution is 2.26. The number of amides is 2. The Hall–Kier alpha value is -1.89. The lowest BCUT2D eigenvalue weighted by Gasteiger charge is -2.26. The van der Waals surface area contributed by atoms with Gasteiger partial charge in [0, 0.05) is 29.4 Å². The van der Waals surface area contributed by atoms with E-state index in [0.717, 1.165) is 33.3 Å². The van der Waals surface area contributed by atoms with E-state index in [-0.39, 0.29) is 12.1 Å². The van der Waals surface area contributed by atoms with Crippen LogP contribution in [0.4, 0.5) is 4.79 Å². The van der Waals surface area contributed by atoms with Crippen molar-refractivity contribution in [2.45, 2.75) is 59.5 Å². The Labute approximate surface area is 147 Å². The van der Waals surface area contributed by atoms with Crippen LogP contribution in [0.1, 0.15) is 60.1 Å². The van der Waals surface area contributed by atoms with Crippen molar-refractivity contribution in [3.8, 4) is 0 Å². The summed E-state index contributed by atoms with van der Waals surface area (Å²) in [7, 11) is 1.92. The van der Waals surface area contributed by atoms with E-state index >= 15 is 0 Å². The van der Waals surface area contributed by atoms with E-state index in [9.17, 15) is 4.79 Å². The zero-order valence-electron chi connectivity index (χ0n) is 15.5. The lowest BCUT2D eigenvalue weighted by atomic mass is 10.0. The molecule has 2 N–H and O–H groups in total. The van der Waals surface area contributed by atoms with Gasteiger partial charge in [-0.2, -0.15) is 5.10 Å². The summed E-state index contributed by atoms with van der Waals surface area (Å²) in [6.45, 7) is 12.0. The third kappa shape index (κ3) is 3.77. The van der Waals surface area contributed by atoms with Gasteiger partial charge in [-0.15, -0.1) is 11.3 Å². The van der Waals surface area contributed by atoms with Crippen LogP contribution in [0.3, 0.4) is 0 Å². The third-order valence-electron chi connectivity index (χ3n) is 4.21. The van der Waals surface area contributed by atoms with Crippen molar-refractivity contribution in [3.63, 3.8) is 0 Å². The molecule has 0 aliphatic carbocycles. The number of carbonyl (C=O) groups excluding carboxylic acids is 1. The van der Waals surface area contributed by atoms with Crippen molar-refractivity contribution in [3.05, 3.63) is 33.0 Å². The van der Waals surface area contributed by atoms with Gasteiger partial charge in [0.25, 0.3) is 0 Å². The summed E-state index contributed by atoms with van der Waals surface area (Å²) in [5.74, 6) is 0. The molecule has 1 atom stereocenters. The van der Waals surface area contributed by atoms with Gasteiger partial charge in [0.15, 0.2) is 0 Å². The number of aryl methyl sites for hydroxylation is 3. The van der Waals surface area contributed by atoms with Crippen LogP contribution in [-0.4, -0.2) is 20.8 Å². The van der Waals surface area contributed by atoms with E-state index < -0.39 is 5.54 Å².